The molecule has 0 unspecified atom stereocenters. The molecule has 0 spiro atoms. The van der Waals surface area contributed by atoms with Crippen molar-refractivity contribution in [3.05, 3.63) is 41.4 Å². The Hall–Kier alpha value is -3.11. The van der Waals surface area contributed by atoms with Crippen LogP contribution < -0.4 is 19.5 Å². The first kappa shape index (κ1) is 23.1. The predicted molar refractivity (Wildman–Crippen MR) is 130 cm³/mol. The molecule has 1 N–H and O–H groups in total. The number of piperidine rings is 1. The molecule has 0 saturated carbocycles. The molecule has 174 valence electrons. The third kappa shape index (κ3) is 5.12. The first-order valence-electron chi connectivity index (χ1n) is 10.4. The molecule has 0 amide bonds. The van der Waals surface area contributed by atoms with Crippen molar-refractivity contribution in [1.82, 2.24) is 25.1 Å². The molecular formula is C22H25ClN6O3S. The quantitative estimate of drug-likeness (QED) is 0.516. The van der Waals surface area contributed by atoms with E-state index >= 15 is 0 Å². The van der Waals surface area contributed by atoms with E-state index < -0.39 is 0 Å². The summed E-state index contributed by atoms with van der Waals surface area (Å²) >= 11 is 11.7. The maximum atomic E-state index is 6.12. The van der Waals surface area contributed by atoms with Gasteiger partial charge >= 0.3 is 0 Å². The van der Waals surface area contributed by atoms with Crippen LogP contribution in [0.2, 0.25) is 5.02 Å². The Labute approximate surface area is 202 Å². The number of rotatable bonds is 6. The van der Waals surface area contributed by atoms with Gasteiger partial charge in [-0.2, -0.15) is 4.80 Å². The maximum absolute atomic E-state index is 6.12. The molecule has 1 aliphatic rings. The second-order valence-corrected chi connectivity index (χ2v) is 8.32. The van der Waals surface area contributed by atoms with Crippen LogP contribution in [0.1, 0.15) is 18.9 Å². The molecule has 11 heteroatoms. The number of aromatic nitrogens is 4. The number of ether oxygens (including phenoxy) is 3. The highest BCUT2D eigenvalue weighted by molar-refractivity contribution is 7.80. The zero-order chi connectivity index (χ0) is 23.4. The molecule has 1 fully saturated rings. The minimum absolute atomic E-state index is 0.145. The highest BCUT2D eigenvalue weighted by atomic mass is 35.5. The summed E-state index contributed by atoms with van der Waals surface area (Å²) in [5.74, 6) is 2.51. The second-order valence-electron chi connectivity index (χ2n) is 7.50. The van der Waals surface area contributed by atoms with Gasteiger partial charge in [0.2, 0.25) is 5.82 Å². The van der Waals surface area contributed by atoms with Crippen molar-refractivity contribution in [1.29, 1.82) is 0 Å². The third-order valence-electron chi connectivity index (χ3n) is 5.55. The molecule has 0 aliphatic carbocycles. The third-order valence-corrected chi connectivity index (χ3v) is 6.15. The number of nitrogens with zero attached hydrogens (tertiary/aromatic N) is 5. The Kier molecular flexibility index (Phi) is 7.14. The van der Waals surface area contributed by atoms with Crippen LogP contribution in [0, 0.1) is 0 Å². The van der Waals surface area contributed by atoms with E-state index in [2.05, 4.69) is 25.6 Å². The summed E-state index contributed by atoms with van der Waals surface area (Å²) in [5.41, 5.74) is 1.56. The zero-order valence-corrected chi connectivity index (χ0v) is 20.2. The van der Waals surface area contributed by atoms with E-state index in [9.17, 15) is 0 Å². The van der Waals surface area contributed by atoms with Crippen LogP contribution in [0.5, 0.6) is 17.2 Å². The number of thiocarbonyl (C=S) groups is 1. The van der Waals surface area contributed by atoms with E-state index in [4.69, 9.17) is 38.0 Å². The molecule has 9 nitrogen and oxygen atoms in total. The van der Waals surface area contributed by atoms with Crippen molar-refractivity contribution in [3.63, 3.8) is 0 Å². The normalized spacial score (nSPS) is 14.1. The lowest BCUT2D eigenvalue weighted by molar-refractivity contribution is 0.238. The number of halogens is 1. The summed E-state index contributed by atoms with van der Waals surface area (Å²) in [7, 11) is 4.82. The molecule has 0 bridgehead atoms. The van der Waals surface area contributed by atoms with Gasteiger partial charge in [-0.05, 0) is 66.7 Å². The average Bonchev–Trinajstić information content (AvgIpc) is 3.34. The van der Waals surface area contributed by atoms with Gasteiger partial charge in [0.25, 0.3) is 0 Å². The van der Waals surface area contributed by atoms with Crippen LogP contribution in [-0.2, 0) is 0 Å². The van der Waals surface area contributed by atoms with Crippen LogP contribution in [-0.4, -0.2) is 64.6 Å². The molecule has 1 aromatic heterocycles. The lowest BCUT2D eigenvalue weighted by Gasteiger charge is -2.33. The number of likely N-dealkylation sites (tertiary alicyclic amines) is 1. The summed E-state index contributed by atoms with van der Waals surface area (Å²) < 4.78 is 16.1. The van der Waals surface area contributed by atoms with Gasteiger partial charge in [0, 0.05) is 23.7 Å². The lowest BCUT2D eigenvalue weighted by Crippen LogP contribution is -2.41. The van der Waals surface area contributed by atoms with E-state index in [0.29, 0.717) is 33.2 Å². The summed E-state index contributed by atoms with van der Waals surface area (Å²) in [4.78, 5) is 3.82. The molecule has 2 aromatic carbocycles. The monoisotopic (exact) mass is 488 g/mol. The largest absolute Gasteiger partial charge is 0.495 e. The fourth-order valence-corrected chi connectivity index (χ4v) is 4.21. The van der Waals surface area contributed by atoms with Gasteiger partial charge in [-0.25, -0.2) is 0 Å². The minimum atomic E-state index is 0.145. The molecule has 2 heterocycles. The number of anilines is 1. The Morgan fingerprint density at radius 3 is 2.39 bits per heavy atom. The van der Waals surface area contributed by atoms with Gasteiger partial charge in [0.15, 0.2) is 16.6 Å². The summed E-state index contributed by atoms with van der Waals surface area (Å²) in [6, 6.07) is 11.1. The van der Waals surface area contributed by atoms with Gasteiger partial charge in [0.05, 0.1) is 33.1 Å². The number of hydrogen-bond donors (Lipinski definition) is 1. The predicted octanol–water partition coefficient (Wildman–Crippen LogP) is 4.05. The van der Waals surface area contributed by atoms with Gasteiger partial charge in [0.1, 0.15) is 5.75 Å². The van der Waals surface area contributed by atoms with Crippen LogP contribution in [0.4, 0.5) is 5.69 Å². The number of benzene rings is 2. The number of nitrogens with one attached hydrogen (secondary N) is 1. The summed E-state index contributed by atoms with van der Waals surface area (Å²) in [5, 5.41) is 17.6. The van der Waals surface area contributed by atoms with Crippen molar-refractivity contribution in [2.24, 2.45) is 0 Å². The van der Waals surface area contributed by atoms with Crippen LogP contribution in [0.15, 0.2) is 36.4 Å². The van der Waals surface area contributed by atoms with Crippen molar-refractivity contribution < 1.29 is 14.2 Å². The van der Waals surface area contributed by atoms with Crippen molar-refractivity contribution in [2.45, 2.75) is 18.9 Å². The molecular weight excluding hydrogens is 464 g/mol. The molecule has 0 radical (unpaired) electrons. The van der Waals surface area contributed by atoms with Crippen molar-refractivity contribution in [3.8, 4) is 28.6 Å². The van der Waals surface area contributed by atoms with E-state index in [-0.39, 0.29) is 6.04 Å². The highest BCUT2D eigenvalue weighted by Gasteiger charge is 2.25. The first-order chi connectivity index (χ1) is 16.0. The highest BCUT2D eigenvalue weighted by Crippen LogP contribution is 2.32. The van der Waals surface area contributed by atoms with Gasteiger partial charge in [-0.3, -0.25) is 0 Å². The number of methoxy groups -OCH3 is 3. The number of hydrogen-bond acceptors (Lipinski definition) is 7. The molecule has 3 aromatic rings. The standard InChI is InChI=1S/C22H25ClN6O3S/c1-30-18-7-5-15(23)13-17(18)24-22(33)28-10-8-16(9-11-28)29-26-21(25-27-29)14-4-6-19(31-2)20(12-14)32-3/h4-7,12-13,16H,8-11H2,1-3H3,(H,24,33). The van der Waals surface area contributed by atoms with Gasteiger partial charge in [-0.1, -0.05) is 11.6 Å². The van der Waals surface area contributed by atoms with Gasteiger partial charge < -0.3 is 24.4 Å². The van der Waals surface area contributed by atoms with Crippen LogP contribution >= 0.6 is 23.8 Å². The molecule has 1 aliphatic heterocycles. The topological polar surface area (TPSA) is 86.6 Å². The molecule has 0 atom stereocenters. The van der Waals surface area contributed by atoms with Crippen molar-refractivity contribution >= 4 is 34.6 Å². The van der Waals surface area contributed by atoms with Gasteiger partial charge in [-0.15, -0.1) is 10.2 Å². The second kappa shape index (κ2) is 10.2. The number of tetrazole rings is 1. The van der Waals surface area contributed by atoms with E-state index in [0.717, 1.165) is 37.2 Å². The van der Waals surface area contributed by atoms with E-state index in [1.165, 1.54) is 0 Å². The zero-order valence-electron chi connectivity index (χ0n) is 18.6. The molecule has 33 heavy (non-hydrogen) atoms. The van der Waals surface area contributed by atoms with E-state index in [1.54, 1.807) is 38.3 Å². The Balaban J connectivity index is 1.38. The Morgan fingerprint density at radius 1 is 1.00 bits per heavy atom. The minimum Gasteiger partial charge on any atom is -0.495 e. The first-order valence-corrected chi connectivity index (χ1v) is 11.2. The Morgan fingerprint density at radius 2 is 1.70 bits per heavy atom. The van der Waals surface area contributed by atoms with E-state index in [1.807, 2.05) is 24.3 Å². The lowest BCUT2D eigenvalue weighted by atomic mass is 10.1. The summed E-state index contributed by atoms with van der Waals surface area (Å²) in [6.45, 7) is 1.54. The van der Waals surface area contributed by atoms with Crippen LogP contribution in [0.25, 0.3) is 11.4 Å². The average molecular weight is 489 g/mol. The SMILES string of the molecule is COc1ccc(Cl)cc1NC(=S)N1CCC(n2nnc(-c3ccc(OC)c(OC)c3)n2)CC1. The Bertz CT molecular complexity index is 1130. The molecule has 1 saturated heterocycles. The fraction of sp³-hybridized carbons (Fsp3) is 0.364. The maximum Gasteiger partial charge on any atom is 0.205 e. The van der Waals surface area contributed by atoms with Crippen molar-refractivity contribution in [2.75, 3.05) is 39.7 Å². The smallest absolute Gasteiger partial charge is 0.205 e. The molecule has 4 rings (SSSR count). The summed E-state index contributed by atoms with van der Waals surface area (Å²) in [6.07, 6.45) is 1.69. The van der Waals surface area contributed by atoms with Crippen LogP contribution in [0.3, 0.4) is 0 Å². The fourth-order valence-electron chi connectivity index (χ4n) is 3.74.